The van der Waals surface area contributed by atoms with Crippen LogP contribution in [0.2, 0.25) is 0 Å². The maximum absolute atomic E-state index is 13.0. The van der Waals surface area contributed by atoms with Crippen molar-refractivity contribution in [1.29, 1.82) is 0 Å². The molecule has 0 spiro atoms. The predicted octanol–water partition coefficient (Wildman–Crippen LogP) is 4.50. The maximum Gasteiger partial charge on any atom is 0.255 e. The fourth-order valence-corrected chi connectivity index (χ4v) is 3.52. The van der Waals surface area contributed by atoms with Gasteiger partial charge in [-0.25, -0.2) is 0 Å². The Kier molecular flexibility index (Phi) is 6.28. The minimum Gasteiger partial charge on any atom is -0.339 e. The summed E-state index contributed by atoms with van der Waals surface area (Å²) < 4.78 is 0. The van der Waals surface area contributed by atoms with Gasteiger partial charge in [-0.2, -0.15) is 0 Å². The van der Waals surface area contributed by atoms with E-state index in [0.717, 1.165) is 31.5 Å². The number of carbonyl (C=O) groups is 2. The monoisotopic (exact) mass is 364 g/mol. The zero-order valence-corrected chi connectivity index (χ0v) is 16.3. The van der Waals surface area contributed by atoms with E-state index in [1.807, 2.05) is 48.2 Å². The molecule has 1 heterocycles. The van der Waals surface area contributed by atoms with E-state index >= 15 is 0 Å². The third-order valence-corrected chi connectivity index (χ3v) is 5.26. The molecular weight excluding hydrogens is 336 g/mol. The van der Waals surface area contributed by atoms with Crippen LogP contribution < -0.4 is 5.32 Å². The van der Waals surface area contributed by atoms with Gasteiger partial charge in [0.05, 0.1) is 17.7 Å². The molecule has 1 aliphatic rings. The van der Waals surface area contributed by atoms with E-state index in [1.165, 1.54) is 24.0 Å². The van der Waals surface area contributed by atoms with Gasteiger partial charge in [0.25, 0.3) is 5.91 Å². The summed E-state index contributed by atoms with van der Waals surface area (Å²) in [5, 5.41) is 2.94. The Hall–Kier alpha value is -2.62. The van der Waals surface area contributed by atoms with Crippen LogP contribution >= 0.6 is 0 Å². The average molecular weight is 364 g/mol. The summed E-state index contributed by atoms with van der Waals surface area (Å²) in [7, 11) is 0. The minimum atomic E-state index is -0.102. The first-order chi connectivity index (χ1) is 13.0. The molecule has 4 heteroatoms. The summed E-state index contributed by atoms with van der Waals surface area (Å²) in [6.07, 6.45) is 4.75. The van der Waals surface area contributed by atoms with Crippen molar-refractivity contribution in [1.82, 2.24) is 4.90 Å². The molecule has 2 amide bonds. The molecule has 0 aromatic heterocycles. The van der Waals surface area contributed by atoms with Crippen LogP contribution in [-0.2, 0) is 11.2 Å². The van der Waals surface area contributed by atoms with Gasteiger partial charge < -0.3 is 10.2 Å². The van der Waals surface area contributed by atoms with E-state index in [0.29, 0.717) is 17.7 Å². The second kappa shape index (κ2) is 8.85. The normalized spacial score (nSPS) is 14.5. The second-order valence-electron chi connectivity index (χ2n) is 7.40. The molecule has 0 bridgehead atoms. The minimum absolute atomic E-state index is 0.0129. The predicted molar refractivity (Wildman–Crippen MR) is 109 cm³/mol. The summed E-state index contributed by atoms with van der Waals surface area (Å²) in [4.78, 5) is 27.4. The Morgan fingerprint density at radius 2 is 1.63 bits per heavy atom. The summed E-state index contributed by atoms with van der Waals surface area (Å²) >= 11 is 0. The van der Waals surface area contributed by atoms with Crippen LogP contribution in [0.3, 0.4) is 0 Å². The first kappa shape index (κ1) is 19.2. The van der Waals surface area contributed by atoms with Crippen LogP contribution in [0.1, 0.15) is 52.7 Å². The zero-order valence-electron chi connectivity index (χ0n) is 16.3. The summed E-state index contributed by atoms with van der Waals surface area (Å²) in [6.45, 7) is 5.70. The molecule has 4 nitrogen and oxygen atoms in total. The molecule has 0 atom stereocenters. The van der Waals surface area contributed by atoms with Gasteiger partial charge in [0.15, 0.2) is 0 Å². The Morgan fingerprint density at radius 3 is 2.33 bits per heavy atom. The molecule has 1 N–H and O–H groups in total. The van der Waals surface area contributed by atoms with Crippen molar-refractivity contribution in [3.8, 4) is 0 Å². The molecule has 2 aromatic rings. The van der Waals surface area contributed by atoms with Gasteiger partial charge in [-0.05, 0) is 55.5 Å². The van der Waals surface area contributed by atoms with E-state index in [1.54, 1.807) is 6.07 Å². The summed E-state index contributed by atoms with van der Waals surface area (Å²) in [5.74, 6) is -0.0895. The number of hydrogen-bond donors (Lipinski definition) is 1. The van der Waals surface area contributed by atoms with E-state index in [-0.39, 0.29) is 11.8 Å². The first-order valence-electron chi connectivity index (χ1n) is 9.79. The van der Waals surface area contributed by atoms with E-state index in [2.05, 4.69) is 12.2 Å². The van der Waals surface area contributed by atoms with Gasteiger partial charge in [0.2, 0.25) is 5.91 Å². The number of rotatable bonds is 4. The number of nitrogens with zero attached hydrogens (tertiary/aromatic N) is 1. The lowest BCUT2D eigenvalue weighted by Crippen LogP contribution is -2.32. The number of likely N-dealkylation sites (tertiary alicyclic amines) is 1. The van der Waals surface area contributed by atoms with Crippen LogP contribution in [0.4, 0.5) is 5.69 Å². The van der Waals surface area contributed by atoms with Gasteiger partial charge in [0.1, 0.15) is 0 Å². The fourth-order valence-electron chi connectivity index (χ4n) is 3.52. The number of aryl methyl sites for hydroxylation is 2. The quantitative estimate of drug-likeness (QED) is 0.868. The Labute approximate surface area is 161 Å². The van der Waals surface area contributed by atoms with Crippen LogP contribution in [0.25, 0.3) is 0 Å². The number of amides is 2. The number of carbonyl (C=O) groups excluding carboxylic acids is 2. The molecule has 0 radical (unpaired) electrons. The molecule has 2 aromatic carbocycles. The third-order valence-electron chi connectivity index (χ3n) is 5.26. The maximum atomic E-state index is 13.0. The van der Waals surface area contributed by atoms with Gasteiger partial charge in [-0.15, -0.1) is 0 Å². The molecule has 1 aliphatic heterocycles. The molecule has 0 aliphatic carbocycles. The second-order valence-corrected chi connectivity index (χ2v) is 7.40. The molecule has 1 saturated heterocycles. The fraction of sp³-hybridized carbons (Fsp3) is 0.391. The lowest BCUT2D eigenvalue weighted by Gasteiger charge is -2.22. The Bertz CT molecular complexity index is 821. The highest BCUT2D eigenvalue weighted by Gasteiger charge is 2.20. The van der Waals surface area contributed by atoms with E-state index in [9.17, 15) is 9.59 Å². The van der Waals surface area contributed by atoms with Crippen molar-refractivity contribution in [2.45, 2.75) is 46.0 Å². The number of anilines is 1. The molecule has 142 valence electrons. The highest BCUT2D eigenvalue weighted by Crippen LogP contribution is 2.20. The smallest absolute Gasteiger partial charge is 0.255 e. The van der Waals surface area contributed by atoms with Gasteiger partial charge in [-0.3, -0.25) is 9.59 Å². The number of benzene rings is 2. The SMILES string of the molecule is Cc1ccc(CC(=O)Nc2ccccc2C(=O)N2CCCCCC2)cc1C. The number of hydrogen-bond acceptors (Lipinski definition) is 2. The third kappa shape index (κ3) is 4.97. The van der Waals surface area contributed by atoms with Crippen molar-refractivity contribution in [2.75, 3.05) is 18.4 Å². The number of para-hydroxylation sites is 1. The molecular formula is C23H28N2O2. The van der Waals surface area contributed by atoms with Crippen molar-refractivity contribution in [3.63, 3.8) is 0 Å². The van der Waals surface area contributed by atoms with Crippen LogP contribution in [0.15, 0.2) is 42.5 Å². The molecule has 0 unspecified atom stereocenters. The lowest BCUT2D eigenvalue weighted by molar-refractivity contribution is -0.115. The largest absolute Gasteiger partial charge is 0.339 e. The van der Waals surface area contributed by atoms with Gasteiger partial charge in [0, 0.05) is 13.1 Å². The zero-order chi connectivity index (χ0) is 19.2. The van der Waals surface area contributed by atoms with Gasteiger partial charge in [-0.1, -0.05) is 43.2 Å². The lowest BCUT2D eigenvalue weighted by atomic mass is 10.0. The van der Waals surface area contributed by atoms with Crippen molar-refractivity contribution in [2.24, 2.45) is 0 Å². The molecule has 1 fully saturated rings. The van der Waals surface area contributed by atoms with Crippen molar-refractivity contribution < 1.29 is 9.59 Å². The molecule has 0 saturated carbocycles. The Morgan fingerprint density at radius 1 is 0.926 bits per heavy atom. The summed E-state index contributed by atoms with van der Waals surface area (Å²) in [5.41, 5.74) is 4.55. The van der Waals surface area contributed by atoms with Crippen LogP contribution in [-0.4, -0.2) is 29.8 Å². The van der Waals surface area contributed by atoms with E-state index in [4.69, 9.17) is 0 Å². The summed E-state index contributed by atoms with van der Waals surface area (Å²) in [6, 6.07) is 13.4. The van der Waals surface area contributed by atoms with Crippen molar-refractivity contribution >= 4 is 17.5 Å². The van der Waals surface area contributed by atoms with Crippen LogP contribution in [0, 0.1) is 13.8 Å². The number of nitrogens with one attached hydrogen (secondary N) is 1. The highest BCUT2D eigenvalue weighted by atomic mass is 16.2. The standard InChI is InChI=1S/C23H28N2O2/c1-17-11-12-19(15-18(17)2)16-22(26)24-21-10-6-5-9-20(21)23(27)25-13-7-3-4-8-14-25/h5-6,9-12,15H,3-4,7-8,13-14,16H2,1-2H3,(H,24,26). The highest BCUT2D eigenvalue weighted by molar-refractivity contribution is 6.04. The Balaban J connectivity index is 1.72. The van der Waals surface area contributed by atoms with Crippen LogP contribution in [0.5, 0.6) is 0 Å². The molecule has 27 heavy (non-hydrogen) atoms. The average Bonchev–Trinajstić information content (AvgIpc) is 2.94. The topological polar surface area (TPSA) is 49.4 Å². The van der Waals surface area contributed by atoms with Gasteiger partial charge >= 0.3 is 0 Å². The molecule has 3 rings (SSSR count). The van der Waals surface area contributed by atoms with E-state index < -0.39 is 0 Å². The first-order valence-corrected chi connectivity index (χ1v) is 9.79. The van der Waals surface area contributed by atoms with Crippen molar-refractivity contribution in [3.05, 3.63) is 64.7 Å².